The van der Waals surface area contributed by atoms with Crippen LogP contribution in [0.5, 0.6) is 0 Å². The van der Waals surface area contributed by atoms with Crippen molar-refractivity contribution in [1.82, 2.24) is 4.31 Å². The highest BCUT2D eigenvalue weighted by atomic mass is 35.5. The van der Waals surface area contributed by atoms with E-state index < -0.39 is 33.5 Å². The van der Waals surface area contributed by atoms with E-state index >= 15 is 0 Å². The number of anilines is 1. The number of hydrogen-bond donors (Lipinski definition) is 1. The van der Waals surface area contributed by atoms with E-state index in [1.54, 1.807) is 30.3 Å². The Kier molecular flexibility index (Phi) is 7.13. The van der Waals surface area contributed by atoms with E-state index in [1.165, 1.54) is 4.31 Å². The molecule has 0 aliphatic carbocycles. The highest BCUT2D eigenvalue weighted by Crippen LogP contribution is 2.35. The average Bonchev–Trinajstić information content (AvgIpc) is 2.89. The van der Waals surface area contributed by atoms with E-state index in [2.05, 4.69) is 5.32 Å². The van der Waals surface area contributed by atoms with Crippen molar-refractivity contribution in [2.45, 2.75) is 30.5 Å². The molecule has 5 nitrogen and oxygen atoms in total. The Labute approximate surface area is 227 Å². The van der Waals surface area contributed by atoms with Gasteiger partial charge < -0.3 is 5.32 Å². The van der Waals surface area contributed by atoms with E-state index in [4.69, 9.17) is 11.6 Å². The quantitative estimate of drug-likeness (QED) is 0.273. The highest BCUT2D eigenvalue weighted by molar-refractivity contribution is 7.89. The van der Waals surface area contributed by atoms with Crippen LogP contribution in [-0.2, 0) is 40.4 Å². The zero-order valence-corrected chi connectivity index (χ0v) is 21.8. The lowest BCUT2D eigenvalue weighted by Crippen LogP contribution is -2.36. The summed E-state index contributed by atoms with van der Waals surface area (Å²) in [6.45, 7) is 0.212. The number of fused-ring (bicyclic) bond motifs is 2. The van der Waals surface area contributed by atoms with Crippen LogP contribution in [0.15, 0.2) is 77.7 Å². The first-order chi connectivity index (χ1) is 18.4. The first kappa shape index (κ1) is 27.1. The molecule has 0 spiro atoms. The van der Waals surface area contributed by atoms with Crippen LogP contribution in [0.4, 0.5) is 23.2 Å². The zero-order valence-electron chi connectivity index (χ0n) is 20.2. The maximum absolute atomic E-state index is 13.9. The van der Waals surface area contributed by atoms with Gasteiger partial charge in [0.25, 0.3) is 0 Å². The lowest BCUT2D eigenvalue weighted by Gasteiger charge is -2.30. The first-order valence-electron chi connectivity index (χ1n) is 11.9. The summed E-state index contributed by atoms with van der Waals surface area (Å²) in [7, 11) is -3.80. The minimum Gasteiger partial charge on any atom is -0.324 e. The molecule has 0 bridgehead atoms. The third kappa shape index (κ3) is 5.50. The maximum atomic E-state index is 13.9. The van der Waals surface area contributed by atoms with Gasteiger partial charge in [0, 0.05) is 13.1 Å². The molecule has 4 aromatic rings. The van der Waals surface area contributed by atoms with Crippen molar-refractivity contribution < 1.29 is 30.8 Å². The Morgan fingerprint density at radius 3 is 2.44 bits per heavy atom. The number of hydrogen-bond acceptors (Lipinski definition) is 3. The Balaban J connectivity index is 1.35. The number of carbonyl (C=O) groups is 1. The summed E-state index contributed by atoms with van der Waals surface area (Å²) < 4.78 is 80.6. The van der Waals surface area contributed by atoms with Crippen LogP contribution in [-0.4, -0.2) is 25.2 Å². The summed E-state index contributed by atoms with van der Waals surface area (Å²) in [5.41, 5.74) is 0.279. The summed E-state index contributed by atoms with van der Waals surface area (Å²) in [6.07, 6.45) is -4.94. The molecule has 0 saturated heterocycles. The van der Waals surface area contributed by atoms with Gasteiger partial charge in [0.05, 0.1) is 27.6 Å². The molecule has 0 fully saturated rings. The molecule has 11 heteroatoms. The lowest BCUT2D eigenvalue weighted by molar-refractivity contribution is -0.140. The van der Waals surface area contributed by atoms with Crippen molar-refractivity contribution in [2.24, 2.45) is 0 Å². The predicted molar refractivity (Wildman–Crippen MR) is 140 cm³/mol. The van der Waals surface area contributed by atoms with Gasteiger partial charge >= 0.3 is 6.18 Å². The van der Waals surface area contributed by atoms with E-state index in [9.17, 15) is 30.8 Å². The lowest BCUT2D eigenvalue weighted by atomic mass is 9.98. The molecule has 39 heavy (non-hydrogen) atoms. The molecule has 1 aliphatic rings. The monoisotopic (exact) mass is 576 g/mol. The Bertz CT molecular complexity index is 1710. The van der Waals surface area contributed by atoms with Crippen LogP contribution < -0.4 is 5.32 Å². The standard InChI is InChI=1S/C28H21ClF4N2O3S/c29-24-10-7-20-16-35(39(37,38)21-8-6-18-3-1-2-4-19(18)15-21)12-11-22(20)27(24)34-26(36)14-17-5-9-23(25(30)13-17)28(31,32)33/h1-10,13,15H,11-12,14,16H2,(H,34,36). The van der Waals surface area contributed by atoms with Crippen molar-refractivity contribution in [1.29, 1.82) is 0 Å². The van der Waals surface area contributed by atoms with Gasteiger partial charge in [-0.25, -0.2) is 12.8 Å². The van der Waals surface area contributed by atoms with E-state index in [1.807, 2.05) is 24.3 Å². The number of rotatable bonds is 5. The Hall–Kier alpha value is -3.47. The number of alkyl halides is 3. The summed E-state index contributed by atoms with van der Waals surface area (Å²) in [5.74, 6) is -2.06. The predicted octanol–water partition coefficient (Wildman–Crippen LogP) is 6.58. The van der Waals surface area contributed by atoms with Crippen LogP contribution in [0, 0.1) is 5.82 Å². The van der Waals surface area contributed by atoms with Gasteiger partial charge in [0.2, 0.25) is 15.9 Å². The molecule has 0 radical (unpaired) electrons. The van der Waals surface area contributed by atoms with E-state index in [-0.39, 0.29) is 41.4 Å². The summed E-state index contributed by atoms with van der Waals surface area (Å²) >= 11 is 6.35. The van der Waals surface area contributed by atoms with E-state index in [0.717, 1.165) is 16.8 Å². The van der Waals surface area contributed by atoms with Crippen LogP contribution in [0.1, 0.15) is 22.3 Å². The third-order valence-corrected chi connectivity index (χ3v) is 8.80. The topological polar surface area (TPSA) is 66.5 Å². The van der Waals surface area contributed by atoms with Gasteiger partial charge in [-0.2, -0.15) is 17.5 Å². The number of nitrogens with one attached hydrogen (secondary N) is 1. The van der Waals surface area contributed by atoms with Gasteiger partial charge in [0.15, 0.2) is 0 Å². The van der Waals surface area contributed by atoms with Gasteiger partial charge in [-0.1, -0.05) is 54.1 Å². The highest BCUT2D eigenvalue weighted by Gasteiger charge is 2.34. The number of carbonyl (C=O) groups excluding carboxylic acids is 1. The maximum Gasteiger partial charge on any atom is 0.419 e. The minimum atomic E-state index is -4.84. The van der Waals surface area contributed by atoms with Gasteiger partial charge in [-0.3, -0.25) is 4.79 Å². The van der Waals surface area contributed by atoms with Crippen molar-refractivity contribution in [3.63, 3.8) is 0 Å². The fraction of sp³-hybridized carbons (Fsp3) is 0.179. The molecule has 1 N–H and O–H groups in total. The molecule has 0 atom stereocenters. The Morgan fingerprint density at radius 2 is 1.72 bits per heavy atom. The molecular weight excluding hydrogens is 556 g/mol. The second-order valence-corrected chi connectivity index (χ2v) is 11.5. The number of halogens is 5. The molecule has 202 valence electrons. The molecule has 1 aliphatic heterocycles. The van der Waals surface area contributed by atoms with Crippen molar-refractivity contribution in [2.75, 3.05) is 11.9 Å². The smallest absolute Gasteiger partial charge is 0.324 e. The second-order valence-electron chi connectivity index (χ2n) is 9.19. The third-order valence-electron chi connectivity index (χ3n) is 6.64. The molecule has 5 rings (SSSR count). The van der Waals surface area contributed by atoms with Crippen LogP contribution in [0.3, 0.4) is 0 Å². The fourth-order valence-corrected chi connectivity index (χ4v) is 6.37. The number of amides is 1. The largest absolute Gasteiger partial charge is 0.419 e. The van der Waals surface area contributed by atoms with Crippen LogP contribution >= 0.6 is 11.6 Å². The average molecular weight is 577 g/mol. The summed E-state index contributed by atoms with van der Waals surface area (Å²) in [4.78, 5) is 12.9. The van der Waals surface area contributed by atoms with Gasteiger partial charge in [0.1, 0.15) is 5.82 Å². The minimum absolute atomic E-state index is 0.0616. The SMILES string of the molecule is O=C(Cc1ccc(C(F)(F)F)c(F)c1)Nc1c(Cl)ccc2c1CCN(S(=O)(=O)c1ccc3ccccc3c1)C2. The number of nitrogens with zero attached hydrogens (tertiary/aromatic N) is 1. The van der Waals surface area contributed by atoms with Gasteiger partial charge in [-0.15, -0.1) is 0 Å². The summed E-state index contributed by atoms with van der Waals surface area (Å²) in [6, 6.07) is 18.0. The second kappa shape index (κ2) is 10.3. The van der Waals surface area contributed by atoms with Crippen molar-refractivity contribution in [3.8, 4) is 0 Å². The molecule has 0 aromatic heterocycles. The van der Waals surface area contributed by atoms with Gasteiger partial charge in [-0.05, 0) is 64.2 Å². The molecule has 1 amide bonds. The van der Waals surface area contributed by atoms with E-state index in [0.29, 0.717) is 28.9 Å². The molecule has 0 saturated carbocycles. The van der Waals surface area contributed by atoms with Crippen LogP contribution in [0.2, 0.25) is 5.02 Å². The van der Waals surface area contributed by atoms with Crippen molar-refractivity contribution in [3.05, 3.63) is 106 Å². The molecular formula is C28H21ClF4N2O3S. The molecule has 1 heterocycles. The molecule has 4 aromatic carbocycles. The van der Waals surface area contributed by atoms with Crippen LogP contribution in [0.25, 0.3) is 10.8 Å². The first-order valence-corrected chi connectivity index (χ1v) is 13.7. The summed E-state index contributed by atoms with van der Waals surface area (Å²) in [5, 5.41) is 4.63. The fourth-order valence-electron chi connectivity index (χ4n) is 4.69. The Morgan fingerprint density at radius 1 is 0.974 bits per heavy atom. The normalized spacial score (nSPS) is 14.3. The zero-order chi connectivity index (χ0) is 27.9. The number of benzene rings is 4. The number of sulfonamides is 1. The molecule has 0 unspecified atom stereocenters. The van der Waals surface area contributed by atoms with Crippen molar-refractivity contribution >= 4 is 44.0 Å².